The fraction of sp³-hybridized carbons (Fsp3) is 0.733. The quantitative estimate of drug-likeness (QED) is 0.674. The molecule has 3 atom stereocenters. The van der Waals surface area contributed by atoms with Gasteiger partial charge in [-0.05, 0) is 52.9 Å². The van der Waals surface area contributed by atoms with Crippen LogP contribution in [-0.4, -0.2) is 33.1 Å². The van der Waals surface area contributed by atoms with Gasteiger partial charge in [0.25, 0.3) is 0 Å². The summed E-state index contributed by atoms with van der Waals surface area (Å²) in [6.07, 6.45) is 4.94. The average molecular weight is 254 g/mol. The van der Waals surface area contributed by atoms with Crippen molar-refractivity contribution < 1.29 is 15.3 Å². The molecular weight excluding hydrogens is 228 g/mol. The van der Waals surface area contributed by atoms with E-state index in [4.69, 9.17) is 0 Å². The van der Waals surface area contributed by atoms with Gasteiger partial charge in [0.05, 0.1) is 5.60 Å². The molecular formula is C15H26O3. The smallest absolute Gasteiger partial charge is 0.112 e. The lowest BCUT2D eigenvalue weighted by Gasteiger charge is -2.28. The summed E-state index contributed by atoms with van der Waals surface area (Å²) in [6, 6.07) is 0. The Labute approximate surface area is 110 Å². The Morgan fingerprint density at radius 1 is 1.44 bits per heavy atom. The standard InChI is InChI=1S/C15H26O3/c1-10-5-7-12(8-6-10)11(2)9-13(16)14(17)15(3,4)18/h5,9,12-14,16-18H,6-8H2,1-4H3. The highest BCUT2D eigenvalue weighted by atomic mass is 16.4. The molecule has 0 aromatic heterocycles. The van der Waals surface area contributed by atoms with Crippen LogP contribution in [0.5, 0.6) is 0 Å². The van der Waals surface area contributed by atoms with Crippen LogP contribution in [0.4, 0.5) is 0 Å². The van der Waals surface area contributed by atoms with Crippen molar-refractivity contribution in [3.63, 3.8) is 0 Å². The Balaban J connectivity index is 2.66. The maximum Gasteiger partial charge on any atom is 0.112 e. The Hall–Kier alpha value is -0.640. The molecule has 0 heterocycles. The first kappa shape index (κ1) is 15.4. The number of aliphatic hydroxyl groups is 3. The first-order valence-electron chi connectivity index (χ1n) is 6.64. The minimum atomic E-state index is -1.29. The van der Waals surface area contributed by atoms with E-state index < -0.39 is 17.8 Å². The predicted octanol–water partition coefficient (Wildman–Crippen LogP) is 2.17. The third kappa shape index (κ3) is 4.23. The highest BCUT2D eigenvalue weighted by Crippen LogP contribution is 2.29. The number of allylic oxidation sites excluding steroid dienone is 3. The largest absolute Gasteiger partial charge is 0.388 e. The minimum absolute atomic E-state index is 0.442. The van der Waals surface area contributed by atoms with Gasteiger partial charge in [-0.3, -0.25) is 0 Å². The van der Waals surface area contributed by atoms with Crippen LogP contribution in [0.1, 0.15) is 47.0 Å². The van der Waals surface area contributed by atoms with Gasteiger partial charge in [0.15, 0.2) is 0 Å². The molecule has 3 N–H and O–H groups in total. The number of hydrogen-bond acceptors (Lipinski definition) is 3. The van der Waals surface area contributed by atoms with E-state index in [-0.39, 0.29) is 0 Å². The lowest BCUT2D eigenvalue weighted by molar-refractivity contribution is -0.0919. The van der Waals surface area contributed by atoms with E-state index in [9.17, 15) is 15.3 Å². The summed E-state index contributed by atoms with van der Waals surface area (Å²) in [5, 5.41) is 29.4. The van der Waals surface area contributed by atoms with Gasteiger partial charge in [-0.15, -0.1) is 0 Å². The van der Waals surface area contributed by atoms with Crippen LogP contribution in [0, 0.1) is 5.92 Å². The maximum absolute atomic E-state index is 9.90. The summed E-state index contributed by atoms with van der Waals surface area (Å²) < 4.78 is 0. The van der Waals surface area contributed by atoms with Crippen LogP contribution in [0.2, 0.25) is 0 Å². The third-order valence-corrected chi connectivity index (χ3v) is 3.76. The SMILES string of the molecule is CC1=CCC(C(C)=CC(O)C(O)C(C)(C)O)CC1. The molecule has 0 spiro atoms. The molecule has 0 aliphatic heterocycles. The Morgan fingerprint density at radius 2 is 2.06 bits per heavy atom. The van der Waals surface area contributed by atoms with Gasteiger partial charge >= 0.3 is 0 Å². The maximum atomic E-state index is 9.90. The predicted molar refractivity (Wildman–Crippen MR) is 73.2 cm³/mol. The van der Waals surface area contributed by atoms with Crippen molar-refractivity contribution in [3.8, 4) is 0 Å². The van der Waals surface area contributed by atoms with Crippen molar-refractivity contribution in [1.82, 2.24) is 0 Å². The van der Waals surface area contributed by atoms with E-state index in [1.807, 2.05) is 6.92 Å². The molecule has 0 saturated heterocycles. The number of rotatable bonds is 4. The lowest BCUT2D eigenvalue weighted by Crippen LogP contribution is -2.43. The van der Waals surface area contributed by atoms with E-state index in [0.29, 0.717) is 5.92 Å². The van der Waals surface area contributed by atoms with Gasteiger partial charge in [0.1, 0.15) is 12.2 Å². The Kier molecular flexibility index (Phi) is 5.14. The average Bonchev–Trinajstić information content (AvgIpc) is 2.27. The molecule has 0 aromatic rings. The van der Waals surface area contributed by atoms with Crippen LogP contribution in [0.15, 0.2) is 23.3 Å². The molecule has 0 saturated carbocycles. The molecule has 0 radical (unpaired) electrons. The fourth-order valence-corrected chi connectivity index (χ4v) is 2.29. The Morgan fingerprint density at radius 3 is 2.50 bits per heavy atom. The second-order valence-corrected chi connectivity index (χ2v) is 6.02. The molecule has 3 unspecified atom stereocenters. The van der Waals surface area contributed by atoms with Crippen LogP contribution < -0.4 is 0 Å². The summed E-state index contributed by atoms with van der Waals surface area (Å²) in [4.78, 5) is 0. The minimum Gasteiger partial charge on any atom is -0.388 e. The molecule has 3 nitrogen and oxygen atoms in total. The van der Waals surface area contributed by atoms with Gasteiger partial charge in [-0.25, -0.2) is 0 Å². The normalized spacial score (nSPS) is 25.6. The summed E-state index contributed by atoms with van der Waals surface area (Å²) in [5.41, 5.74) is 1.23. The molecule has 0 fully saturated rings. The molecule has 104 valence electrons. The Bertz CT molecular complexity index is 336. The van der Waals surface area contributed by atoms with Crippen molar-refractivity contribution in [2.24, 2.45) is 5.92 Å². The third-order valence-electron chi connectivity index (χ3n) is 3.76. The van der Waals surface area contributed by atoms with E-state index in [0.717, 1.165) is 24.8 Å². The van der Waals surface area contributed by atoms with Crippen LogP contribution in [-0.2, 0) is 0 Å². The summed E-state index contributed by atoms with van der Waals surface area (Å²) >= 11 is 0. The van der Waals surface area contributed by atoms with Crippen molar-refractivity contribution in [2.75, 3.05) is 0 Å². The molecule has 0 amide bonds. The topological polar surface area (TPSA) is 60.7 Å². The lowest BCUT2D eigenvalue weighted by atomic mass is 9.84. The van der Waals surface area contributed by atoms with Gasteiger partial charge in [-0.1, -0.05) is 23.3 Å². The van der Waals surface area contributed by atoms with E-state index in [1.54, 1.807) is 6.08 Å². The second kappa shape index (κ2) is 6.00. The van der Waals surface area contributed by atoms with Crippen LogP contribution in [0.25, 0.3) is 0 Å². The molecule has 3 heteroatoms. The van der Waals surface area contributed by atoms with Crippen LogP contribution >= 0.6 is 0 Å². The summed E-state index contributed by atoms with van der Waals surface area (Å²) in [5.74, 6) is 0.442. The number of aliphatic hydroxyl groups excluding tert-OH is 2. The highest BCUT2D eigenvalue weighted by Gasteiger charge is 2.30. The van der Waals surface area contributed by atoms with Crippen LogP contribution in [0.3, 0.4) is 0 Å². The van der Waals surface area contributed by atoms with Crippen molar-refractivity contribution in [1.29, 1.82) is 0 Å². The first-order chi connectivity index (χ1) is 8.21. The fourth-order valence-electron chi connectivity index (χ4n) is 2.29. The van der Waals surface area contributed by atoms with Crippen molar-refractivity contribution in [2.45, 2.75) is 64.8 Å². The monoisotopic (exact) mass is 254 g/mol. The zero-order valence-corrected chi connectivity index (χ0v) is 11.8. The zero-order valence-electron chi connectivity index (χ0n) is 11.8. The molecule has 1 rings (SSSR count). The molecule has 18 heavy (non-hydrogen) atoms. The first-order valence-corrected chi connectivity index (χ1v) is 6.64. The van der Waals surface area contributed by atoms with Gasteiger partial charge in [0, 0.05) is 0 Å². The van der Waals surface area contributed by atoms with E-state index in [2.05, 4.69) is 13.0 Å². The van der Waals surface area contributed by atoms with Gasteiger partial charge in [0.2, 0.25) is 0 Å². The van der Waals surface area contributed by atoms with Gasteiger partial charge in [-0.2, -0.15) is 0 Å². The highest BCUT2D eigenvalue weighted by molar-refractivity contribution is 5.15. The van der Waals surface area contributed by atoms with E-state index >= 15 is 0 Å². The number of hydrogen-bond donors (Lipinski definition) is 3. The molecule has 0 aromatic carbocycles. The molecule has 0 bridgehead atoms. The summed E-state index contributed by atoms with van der Waals surface area (Å²) in [6.45, 7) is 7.12. The van der Waals surface area contributed by atoms with E-state index in [1.165, 1.54) is 19.4 Å². The summed E-state index contributed by atoms with van der Waals surface area (Å²) in [7, 11) is 0. The second-order valence-electron chi connectivity index (χ2n) is 6.02. The zero-order chi connectivity index (χ0) is 13.9. The van der Waals surface area contributed by atoms with Crippen molar-refractivity contribution in [3.05, 3.63) is 23.3 Å². The van der Waals surface area contributed by atoms with Crippen molar-refractivity contribution >= 4 is 0 Å². The molecule has 1 aliphatic carbocycles. The molecule has 1 aliphatic rings. The van der Waals surface area contributed by atoms with Gasteiger partial charge < -0.3 is 15.3 Å².